The van der Waals surface area contributed by atoms with Gasteiger partial charge in [-0.1, -0.05) is 0 Å². The zero-order valence-corrected chi connectivity index (χ0v) is 17.5. The van der Waals surface area contributed by atoms with E-state index >= 15 is 0 Å². The van der Waals surface area contributed by atoms with E-state index in [2.05, 4.69) is 10.3 Å². The fourth-order valence-electron chi connectivity index (χ4n) is 2.83. The van der Waals surface area contributed by atoms with E-state index in [0.29, 0.717) is 30.3 Å². The number of nitrogens with zero attached hydrogens (tertiary/aromatic N) is 2. The van der Waals surface area contributed by atoms with Crippen LogP contribution in [-0.2, 0) is 11.3 Å². The molecule has 0 saturated carbocycles. The van der Waals surface area contributed by atoms with Crippen LogP contribution in [-0.4, -0.2) is 42.3 Å². The highest BCUT2D eigenvalue weighted by molar-refractivity contribution is 5.77. The van der Waals surface area contributed by atoms with Crippen LogP contribution in [0.1, 0.15) is 6.92 Å². The maximum absolute atomic E-state index is 12.4. The van der Waals surface area contributed by atoms with Gasteiger partial charge in [-0.25, -0.2) is 4.98 Å². The Bertz CT molecular complexity index is 1050. The van der Waals surface area contributed by atoms with Gasteiger partial charge in [-0.3, -0.25) is 14.2 Å². The Morgan fingerprint density at radius 1 is 1.00 bits per heavy atom. The Morgan fingerprint density at radius 2 is 1.65 bits per heavy atom. The summed E-state index contributed by atoms with van der Waals surface area (Å²) in [5, 5.41) is 2.73. The van der Waals surface area contributed by atoms with Gasteiger partial charge in [-0.2, -0.15) is 0 Å². The highest BCUT2D eigenvalue weighted by atomic mass is 16.5. The Kier molecular flexibility index (Phi) is 7.64. The van der Waals surface area contributed by atoms with Crippen molar-refractivity contribution >= 4 is 5.91 Å². The van der Waals surface area contributed by atoms with Gasteiger partial charge in [0.2, 0.25) is 0 Å². The average Bonchev–Trinajstić information content (AvgIpc) is 2.80. The van der Waals surface area contributed by atoms with E-state index in [9.17, 15) is 9.59 Å². The smallest absolute Gasteiger partial charge is 0.258 e. The molecule has 1 amide bonds. The topological polar surface area (TPSA) is 91.7 Å². The average molecular weight is 423 g/mol. The first kappa shape index (κ1) is 21.9. The van der Waals surface area contributed by atoms with Gasteiger partial charge in [-0.15, -0.1) is 0 Å². The van der Waals surface area contributed by atoms with Crippen LogP contribution >= 0.6 is 0 Å². The standard InChI is InChI=1S/C23H25N3O5/c1-3-30-19-6-4-17(5-7-19)21-14-23(28)26(16-25-21)13-12-24-22(27)15-31-20-10-8-18(29-2)9-11-20/h4-11,14,16H,3,12-13,15H2,1-2H3,(H,24,27). The Morgan fingerprint density at radius 3 is 2.29 bits per heavy atom. The molecule has 8 heteroatoms. The molecule has 3 aromatic rings. The van der Waals surface area contributed by atoms with Crippen LogP contribution in [0.3, 0.4) is 0 Å². The Balaban J connectivity index is 1.47. The molecule has 0 saturated heterocycles. The third-order valence-electron chi connectivity index (χ3n) is 4.44. The predicted molar refractivity (Wildman–Crippen MR) is 117 cm³/mol. The van der Waals surface area contributed by atoms with E-state index in [1.54, 1.807) is 31.4 Å². The van der Waals surface area contributed by atoms with Crippen LogP contribution < -0.4 is 25.1 Å². The fourth-order valence-corrected chi connectivity index (χ4v) is 2.83. The van der Waals surface area contributed by atoms with Gasteiger partial charge in [0.05, 0.1) is 25.7 Å². The second-order valence-electron chi connectivity index (χ2n) is 6.58. The van der Waals surface area contributed by atoms with E-state index in [0.717, 1.165) is 11.3 Å². The largest absolute Gasteiger partial charge is 0.497 e. The van der Waals surface area contributed by atoms with Gasteiger partial charge < -0.3 is 19.5 Å². The third kappa shape index (κ3) is 6.33. The molecule has 3 rings (SSSR count). The molecule has 0 unspecified atom stereocenters. The first-order valence-electron chi connectivity index (χ1n) is 9.92. The van der Waals surface area contributed by atoms with Crippen molar-refractivity contribution < 1.29 is 19.0 Å². The minimum Gasteiger partial charge on any atom is -0.497 e. The summed E-state index contributed by atoms with van der Waals surface area (Å²) in [5.74, 6) is 1.78. The number of carbonyl (C=O) groups excluding carboxylic acids is 1. The van der Waals surface area contributed by atoms with E-state index in [1.165, 1.54) is 17.0 Å². The lowest BCUT2D eigenvalue weighted by Gasteiger charge is -2.10. The summed E-state index contributed by atoms with van der Waals surface area (Å²) in [6.07, 6.45) is 1.48. The minimum atomic E-state index is -0.275. The first-order chi connectivity index (χ1) is 15.1. The van der Waals surface area contributed by atoms with E-state index in [1.807, 2.05) is 31.2 Å². The summed E-state index contributed by atoms with van der Waals surface area (Å²) < 4.78 is 17.4. The van der Waals surface area contributed by atoms with Crippen molar-refractivity contribution in [3.05, 3.63) is 71.3 Å². The number of hydrogen-bond acceptors (Lipinski definition) is 6. The number of ether oxygens (including phenoxy) is 3. The molecule has 0 atom stereocenters. The normalized spacial score (nSPS) is 10.4. The second kappa shape index (κ2) is 10.8. The number of hydrogen-bond donors (Lipinski definition) is 1. The summed E-state index contributed by atoms with van der Waals surface area (Å²) >= 11 is 0. The van der Waals surface area contributed by atoms with Crippen molar-refractivity contribution in [3.8, 4) is 28.5 Å². The van der Waals surface area contributed by atoms with Crippen LogP contribution in [0.25, 0.3) is 11.3 Å². The molecule has 0 spiro atoms. The van der Waals surface area contributed by atoms with Gasteiger partial charge in [0.15, 0.2) is 6.61 Å². The van der Waals surface area contributed by atoms with Crippen LogP contribution in [0.4, 0.5) is 0 Å². The quantitative estimate of drug-likeness (QED) is 0.539. The molecule has 0 fully saturated rings. The molecule has 8 nitrogen and oxygen atoms in total. The van der Waals surface area contributed by atoms with Crippen molar-refractivity contribution in [2.45, 2.75) is 13.5 Å². The monoisotopic (exact) mass is 423 g/mol. The second-order valence-corrected chi connectivity index (χ2v) is 6.58. The molecule has 162 valence electrons. The molecular formula is C23H25N3O5. The van der Waals surface area contributed by atoms with Crippen molar-refractivity contribution in [1.29, 1.82) is 0 Å². The summed E-state index contributed by atoms with van der Waals surface area (Å²) in [6, 6.07) is 15.8. The van der Waals surface area contributed by atoms with Gasteiger partial charge in [0.1, 0.15) is 17.2 Å². The molecule has 2 aromatic carbocycles. The summed E-state index contributed by atoms with van der Waals surface area (Å²) in [4.78, 5) is 28.7. The lowest BCUT2D eigenvalue weighted by Crippen LogP contribution is -2.33. The molecule has 0 bridgehead atoms. The zero-order valence-electron chi connectivity index (χ0n) is 17.5. The fraction of sp³-hybridized carbons (Fsp3) is 0.261. The lowest BCUT2D eigenvalue weighted by molar-refractivity contribution is -0.123. The van der Waals surface area contributed by atoms with Crippen LogP contribution in [0.15, 0.2) is 65.7 Å². The summed E-state index contributed by atoms with van der Waals surface area (Å²) in [6.45, 7) is 3.00. The number of rotatable bonds is 10. The maximum Gasteiger partial charge on any atom is 0.258 e. The van der Waals surface area contributed by atoms with Crippen molar-refractivity contribution in [3.63, 3.8) is 0 Å². The number of aromatic nitrogens is 2. The van der Waals surface area contributed by atoms with Gasteiger partial charge in [-0.05, 0) is 55.5 Å². The zero-order chi connectivity index (χ0) is 22.1. The number of amides is 1. The molecule has 0 radical (unpaired) electrons. The van der Waals surface area contributed by atoms with Crippen LogP contribution in [0.5, 0.6) is 17.2 Å². The number of nitrogens with one attached hydrogen (secondary N) is 1. The third-order valence-corrected chi connectivity index (χ3v) is 4.44. The summed E-state index contributed by atoms with van der Waals surface area (Å²) in [5.41, 5.74) is 1.22. The highest BCUT2D eigenvalue weighted by Crippen LogP contribution is 2.19. The molecule has 0 aliphatic rings. The van der Waals surface area contributed by atoms with Gasteiger partial charge in [0.25, 0.3) is 11.5 Å². The Labute approximate surface area is 180 Å². The first-order valence-corrected chi connectivity index (χ1v) is 9.92. The van der Waals surface area contributed by atoms with E-state index < -0.39 is 0 Å². The predicted octanol–water partition coefficient (Wildman–Crippen LogP) is 2.51. The molecule has 1 heterocycles. The molecule has 31 heavy (non-hydrogen) atoms. The van der Waals surface area contributed by atoms with E-state index in [4.69, 9.17) is 14.2 Å². The molecule has 1 N–H and O–H groups in total. The lowest BCUT2D eigenvalue weighted by atomic mass is 10.1. The SMILES string of the molecule is CCOc1ccc(-c2cc(=O)n(CCNC(=O)COc3ccc(OC)cc3)cn2)cc1. The van der Waals surface area contributed by atoms with Crippen molar-refractivity contribution in [2.75, 3.05) is 26.9 Å². The highest BCUT2D eigenvalue weighted by Gasteiger charge is 2.06. The number of carbonyl (C=O) groups is 1. The van der Waals surface area contributed by atoms with Gasteiger partial charge >= 0.3 is 0 Å². The Hall–Kier alpha value is -3.81. The molecule has 1 aromatic heterocycles. The molecule has 0 aliphatic heterocycles. The minimum absolute atomic E-state index is 0.115. The van der Waals surface area contributed by atoms with Crippen LogP contribution in [0, 0.1) is 0 Å². The molecule has 0 aliphatic carbocycles. The number of benzene rings is 2. The number of methoxy groups -OCH3 is 1. The van der Waals surface area contributed by atoms with Crippen LogP contribution in [0.2, 0.25) is 0 Å². The van der Waals surface area contributed by atoms with Gasteiger partial charge in [0, 0.05) is 24.7 Å². The molecular weight excluding hydrogens is 398 g/mol. The maximum atomic E-state index is 12.4. The van der Waals surface area contributed by atoms with Crippen molar-refractivity contribution in [1.82, 2.24) is 14.9 Å². The van der Waals surface area contributed by atoms with Crippen molar-refractivity contribution in [2.24, 2.45) is 0 Å². The summed E-state index contributed by atoms with van der Waals surface area (Å²) in [7, 11) is 1.58. The van der Waals surface area contributed by atoms with E-state index in [-0.39, 0.29) is 24.6 Å².